The first-order chi connectivity index (χ1) is 13.0. The Balaban J connectivity index is 2.14. The second kappa shape index (κ2) is 10.6. The van der Waals surface area contributed by atoms with Crippen LogP contribution in [-0.4, -0.2) is 49.6 Å². The van der Waals surface area contributed by atoms with Crippen LogP contribution >= 0.6 is 0 Å². The van der Waals surface area contributed by atoms with Crippen LogP contribution in [0.15, 0.2) is 48.5 Å². The summed E-state index contributed by atoms with van der Waals surface area (Å²) in [5.41, 5.74) is 2.92. The second-order valence-electron chi connectivity index (χ2n) is 6.99. The number of ether oxygens (including phenoxy) is 1. The van der Waals surface area contributed by atoms with E-state index in [4.69, 9.17) is 4.74 Å². The molecule has 5 heteroatoms. The molecule has 0 aliphatic carbocycles. The van der Waals surface area contributed by atoms with E-state index in [9.17, 15) is 4.79 Å². The molecule has 146 valence electrons. The molecule has 0 aromatic heterocycles. The standard InChI is InChI=1S/C22H31N3O2/c1-5-15-27-21-16-18(2)11-12-20(21)23-22(26)25(14-13-24(3)4)17-19-9-7-6-8-10-19/h6-12,16H,5,13-15,17H2,1-4H3,(H,23,26). The van der Waals surface area contributed by atoms with Gasteiger partial charge < -0.3 is 19.9 Å². The number of benzene rings is 2. The van der Waals surface area contributed by atoms with Crippen LogP contribution in [0.5, 0.6) is 5.75 Å². The summed E-state index contributed by atoms with van der Waals surface area (Å²) in [5, 5.41) is 3.03. The summed E-state index contributed by atoms with van der Waals surface area (Å²) < 4.78 is 5.82. The Kier molecular flexibility index (Phi) is 8.14. The molecule has 0 unspecified atom stereocenters. The quantitative estimate of drug-likeness (QED) is 0.713. The van der Waals surface area contributed by atoms with Gasteiger partial charge in [0.15, 0.2) is 0 Å². The molecule has 1 N–H and O–H groups in total. The Morgan fingerprint density at radius 2 is 1.81 bits per heavy atom. The molecule has 2 amide bonds. The van der Waals surface area contributed by atoms with E-state index < -0.39 is 0 Å². The molecular formula is C22H31N3O2. The Morgan fingerprint density at radius 3 is 2.48 bits per heavy atom. The van der Waals surface area contributed by atoms with E-state index >= 15 is 0 Å². The van der Waals surface area contributed by atoms with Crippen molar-refractivity contribution in [3.05, 3.63) is 59.7 Å². The highest BCUT2D eigenvalue weighted by Gasteiger charge is 2.16. The van der Waals surface area contributed by atoms with Crippen molar-refractivity contribution in [3.8, 4) is 5.75 Å². The molecule has 0 aliphatic rings. The first-order valence-electron chi connectivity index (χ1n) is 9.47. The van der Waals surface area contributed by atoms with Crippen molar-refractivity contribution in [2.45, 2.75) is 26.8 Å². The minimum absolute atomic E-state index is 0.120. The molecule has 5 nitrogen and oxygen atoms in total. The lowest BCUT2D eigenvalue weighted by molar-refractivity contribution is 0.202. The zero-order chi connectivity index (χ0) is 19.6. The lowest BCUT2D eigenvalue weighted by atomic mass is 10.2. The van der Waals surface area contributed by atoms with Crippen LogP contribution in [0.2, 0.25) is 0 Å². The molecule has 2 aromatic carbocycles. The number of rotatable bonds is 9. The number of carbonyl (C=O) groups excluding carboxylic acids is 1. The number of likely N-dealkylation sites (N-methyl/N-ethyl adjacent to an activating group) is 1. The van der Waals surface area contributed by atoms with Crippen molar-refractivity contribution in [1.82, 2.24) is 9.80 Å². The van der Waals surface area contributed by atoms with E-state index in [1.54, 1.807) is 0 Å². The maximum atomic E-state index is 13.0. The van der Waals surface area contributed by atoms with Crippen LogP contribution in [0.25, 0.3) is 0 Å². The lowest BCUT2D eigenvalue weighted by Crippen LogP contribution is -2.39. The fraction of sp³-hybridized carbons (Fsp3) is 0.409. The molecule has 0 saturated heterocycles. The van der Waals surface area contributed by atoms with Gasteiger partial charge in [0.25, 0.3) is 0 Å². The Hall–Kier alpha value is -2.53. The molecule has 2 aromatic rings. The van der Waals surface area contributed by atoms with Crippen LogP contribution in [0.1, 0.15) is 24.5 Å². The smallest absolute Gasteiger partial charge is 0.322 e. The number of amides is 2. The third-order valence-corrected chi connectivity index (χ3v) is 4.16. The number of nitrogens with one attached hydrogen (secondary N) is 1. The Morgan fingerprint density at radius 1 is 1.07 bits per heavy atom. The molecule has 0 bridgehead atoms. The number of carbonyl (C=O) groups is 1. The SMILES string of the molecule is CCCOc1cc(C)ccc1NC(=O)N(CCN(C)C)Cc1ccccc1. The zero-order valence-corrected chi connectivity index (χ0v) is 16.9. The summed E-state index contributed by atoms with van der Waals surface area (Å²) in [6.45, 7) is 6.72. The summed E-state index contributed by atoms with van der Waals surface area (Å²) >= 11 is 0. The van der Waals surface area contributed by atoms with E-state index in [1.807, 2.05) is 74.4 Å². The van der Waals surface area contributed by atoms with Gasteiger partial charge in [0.1, 0.15) is 5.75 Å². The maximum absolute atomic E-state index is 13.0. The zero-order valence-electron chi connectivity index (χ0n) is 16.9. The van der Waals surface area contributed by atoms with Crippen LogP contribution < -0.4 is 10.1 Å². The average molecular weight is 370 g/mol. The van der Waals surface area contributed by atoms with Crippen LogP contribution in [0.4, 0.5) is 10.5 Å². The van der Waals surface area contributed by atoms with Crippen LogP contribution in [0, 0.1) is 6.92 Å². The first kappa shape index (κ1) is 20.8. The average Bonchev–Trinajstić information content (AvgIpc) is 2.65. The van der Waals surface area contributed by atoms with E-state index in [0.29, 0.717) is 25.4 Å². The minimum atomic E-state index is -0.120. The summed E-state index contributed by atoms with van der Waals surface area (Å²) in [6.07, 6.45) is 0.921. The largest absolute Gasteiger partial charge is 0.491 e. The van der Waals surface area contributed by atoms with Crippen molar-refractivity contribution < 1.29 is 9.53 Å². The summed E-state index contributed by atoms with van der Waals surface area (Å²) in [4.78, 5) is 16.9. The molecule has 0 saturated carbocycles. The highest BCUT2D eigenvalue weighted by molar-refractivity contribution is 5.91. The number of hydrogen-bond donors (Lipinski definition) is 1. The number of nitrogens with zero attached hydrogens (tertiary/aromatic N) is 2. The predicted molar refractivity (Wildman–Crippen MR) is 111 cm³/mol. The summed E-state index contributed by atoms with van der Waals surface area (Å²) in [7, 11) is 4.02. The van der Waals surface area contributed by atoms with Gasteiger partial charge in [0, 0.05) is 19.6 Å². The molecule has 0 atom stereocenters. The van der Waals surface area contributed by atoms with Gasteiger partial charge in [-0.15, -0.1) is 0 Å². The second-order valence-corrected chi connectivity index (χ2v) is 6.99. The number of hydrogen-bond acceptors (Lipinski definition) is 3. The molecule has 0 fully saturated rings. The van der Waals surface area contributed by atoms with Gasteiger partial charge >= 0.3 is 6.03 Å². The van der Waals surface area contributed by atoms with Gasteiger partial charge in [0.05, 0.1) is 12.3 Å². The number of urea groups is 1. The molecule has 0 spiro atoms. The summed E-state index contributed by atoms with van der Waals surface area (Å²) in [6, 6.07) is 15.8. The van der Waals surface area contributed by atoms with Crippen molar-refractivity contribution in [2.75, 3.05) is 39.1 Å². The lowest BCUT2D eigenvalue weighted by Gasteiger charge is -2.25. The normalized spacial score (nSPS) is 10.7. The molecule has 0 heterocycles. The Bertz CT molecular complexity index is 717. The van der Waals surface area contributed by atoms with Crippen molar-refractivity contribution in [1.29, 1.82) is 0 Å². The van der Waals surface area contributed by atoms with Crippen molar-refractivity contribution in [3.63, 3.8) is 0 Å². The van der Waals surface area contributed by atoms with Crippen LogP contribution in [-0.2, 0) is 6.54 Å². The van der Waals surface area contributed by atoms with Crippen molar-refractivity contribution in [2.24, 2.45) is 0 Å². The molecule has 27 heavy (non-hydrogen) atoms. The fourth-order valence-electron chi connectivity index (χ4n) is 2.64. The minimum Gasteiger partial charge on any atom is -0.491 e. The van der Waals surface area contributed by atoms with Crippen LogP contribution in [0.3, 0.4) is 0 Å². The third kappa shape index (κ3) is 6.94. The van der Waals surface area contributed by atoms with Gasteiger partial charge in [-0.3, -0.25) is 0 Å². The number of anilines is 1. The van der Waals surface area contributed by atoms with Gasteiger partial charge in [-0.1, -0.05) is 43.3 Å². The summed E-state index contributed by atoms with van der Waals surface area (Å²) in [5.74, 6) is 0.720. The highest BCUT2D eigenvalue weighted by atomic mass is 16.5. The molecule has 0 aliphatic heterocycles. The fourth-order valence-corrected chi connectivity index (χ4v) is 2.64. The van der Waals surface area contributed by atoms with E-state index in [0.717, 1.165) is 29.8 Å². The molecule has 2 rings (SSSR count). The maximum Gasteiger partial charge on any atom is 0.322 e. The van der Waals surface area contributed by atoms with Crippen molar-refractivity contribution >= 4 is 11.7 Å². The Labute approximate surface area is 162 Å². The third-order valence-electron chi connectivity index (χ3n) is 4.16. The molecule has 0 radical (unpaired) electrons. The highest BCUT2D eigenvalue weighted by Crippen LogP contribution is 2.26. The monoisotopic (exact) mass is 369 g/mol. The van der Waals surface area contributed by atoms with E-state index in [1.165, 1.54) is 0 Å². The van der Waals surface area contributed by atoms with E-state index in [-0.39, 0.29) is 6.03 Å². The topological polar surface area (TPSA) is 44.8 Å². The van der Waals surface area contributed by atoms with Gasteiger partial charge in [-0.25, -0.2) is 4.79 Å². The predicted octanol–water partition coefficient (Wildman–Crippen LogP) is 4.38. The van der Waals surface area contributed by atoms with Gasteiger partial charge in [0.2, 0.25) is 0 Å². The first-order valence-corrected chi connectivity index (χ1v) is 9.47. The van der Waals surface area contributed by atoms with Gasteiger partial charge in [-0.05, 0) is 50.7 Å². The van der Waals surface area contributed by atoms with E-state index in [2.05, 4.69) is 17.1 Å². The van der Waals surface area contributed by atoms with Gasteiger partial charge in [-0.2, -0.15) is 0 Å². The number of aryl methyl sites for hydroxylation is 1. The molecular weight excluding hydrogens is 338 g/mol.